The van der Waals surface area contributed by atoms with Crippen LogP contribution in [0.2, 0.25) is 0 Å². The van der Waals surface area contributed by atoms with Crippen molar-refractivity contribution >= 4 is 11.6 Å². The number of guanidine groups is 1. The first-order valence-corrected chi connectivity index (χ1v) is 8.67. The highest BCUT2D eigenvalue weighted by atomic mass is 19.1. The van der Waals surface area contributed by atoms with E-state index in [1.165, 1.54) is 12.1 Å². The number of benzene rings is 2. The Hall–Kier alpha value is -2.63. The van der Waals surface area contributed by atoms with Crippen molar-refractivity contribution in [2.24, 2.45) is 10.7 Å². The number of ether oxygens (including phenoxy) is 1. The van der Waals surface area contributed by atoms with Gasteiger partial charge in [0.15, 0.2) is 5.96 Å². The van der Waals surface area contributed by atoms with Gasteiger partial charge in [-0.3, -0.25) is 4.99 Å². The fourth-order valence-electron chi connectivity index (χ4n) is 2.90. The molecule has 1 saturated carbocycles. The standard InChI is InChI=1S/C20H23F2N3O/c1-13(2)26-16-6-4-15(5-7-16)25-19(23)24-12-20(9-10-20)17-8-3-14(21)11-18(17)22/h3-8,11,13H,9-10,12H2,1-2H3,(H3,23,24,25). The van der Waals surface area contributed by atoms with E-state index in [-0.39, 0.29) is 17.5 Å². The topological polar surface area (TPSA) is 59.6 Å². The molecule has 26 heavy (non-hydrogen) atoms. The number of rotatable bonds is 6. The Morgan fingerprint density at radius 3 is 2.46 bits per heavy atom. The van der Waals surface area contributed by atoms with Gasteiger partial charge in [0.2, 0.25) is 0 Å². The van der Waals surface area contributed by atoms with Crippen LogP contribution in [-0.2, 0) is 5.41 Å². The first-order valence-electron chi connectivity index (χ1n) is 8.67. The van der Waals surface area contributed by atoms with E-state index >= 15 is 0 Å². The monoisotopic (exact) mass is 359 g/mol. The van der Waals surface area contributed by atoms with Gasteiger partial charge in [-0.05, 0) is 62.6 Å². The zero-order chi connectivity index (χ0) is 18.7. The van der Waals surface area contributed by atoms with Crippen LogP contribution in [0.25, 0.3) is 0 Å². The summed E-state index contributed by atoms with van der Waals surface area (Å²) in [6, 6.07) is 11.1. The molecule has 2 aromatic rings. The number of hydrogen-bond acceptors (Lipinski definition) is 2. The van der Waals surface area contributed by atoms with Crippen molar-refractivity contribution in [3.63, 3.8) is 0 Å². The number of anilines is 1. The summed E-state index contributed by atoms with van der Waals surface area (Å²) in [5.41, 5.74) is 6.87. The van der Waals surface area contributed by atoms with Crippen LogP contribution in [0.3, 0.4) is 0 Å². The van der Waals surface area contributed by atoms with Crippen LogP contribution in [0.5, 0.6) is 5.75 Å². The smallest absolute Gasteiger partial charge is 0.193 e. The van der Waals surface area contributed by atoms with E-state index in [0.717, 1.165) is 30.3 Å². The summed E-state index contributed by atoms with van der Waals surface area (Å²) >= 11 is 0. The summed E-state index contributed by atoms with van der Waals surface area (Å²) < 4.78 is 32.7. The van der Waals surface area contributed by atoms with Gasteiger partial charge < -0.3 is 15.8 Å². The molecule has 0 heterocycles. The average molecular weight is 359 g/mol. The van der Waals surface area contributed by atoms with Crippen molar-refractivity contribution in [1.82, 2.24) is 0 Å². The average Bonchev–Trinajstić information content (AvgIpc) is 3.35. The summed E-state index contributed by atoms with van der Waals surface area (Å²) in [4.78, 5) is 4.36. The van der Waals surface area contributed by atoms with E-state index in [1.54, 1.807) is 0 Å². The van der Waals surface area contributed by atoms with Crippen molar-refractivity contribution in [1.29, 1.82) is 0 Å². The molecule has 4 nitrogen and oxygen atoms in total. The summed E-state index contributed by atoms with van der Waals surface area (Å²) in [5.74, 6) is -0.0531. The molecule has 1 fully saturated rings. The molecule has 0 radical (unpaired) electrons. The SMILES string of the molecule is CC(C)Oc1ccc(NC(N)=NCC2(c3ccc(F)cc3F)CC2)cc1. The molecule has 3 N–H and O–H groups in total. The van der Waals surface area contributed by atoms with Gasteiger partial charge in [-0.1, -0.05) is 6.07 Å². The third-order valence-electron chi connectivity index (χ3n) is 4.41. The van der Waals surface area contributed by atoms with Crippen LogP contribution in [-0.4, -0.2) is 18.6 Å². The van der Waals surface area contributed by atoms with Crippen molar-refractivity contribution in [2.75, 3.05) is 11.9 Å². The highest BCUT2D eigenvalue weighted by molar-refractivity contribution is 5.92. The molecule has 138 valence electrons. The molecule has 1 aliphatic carbocycles. The fraction of sp³-hybridized carbons (Fsp3) is 0.350. The molecular formula is C20H23F2N3O. The number of aliphatic imine (C=N–C) groups is 1. The van der Waals surface area contributed by atoms with E-state index in [0.29, 0.717) is 12.1 Å². The second-order valence-corrected chi connectivity index (χ2v) is 6.92. The summed E-state index contributed by atoms with van der Waals surface area (Å²) in [6.45, 7) is 4.30. The predicted molar refractivity (Wildman–Crippen MR) is 99.6 cm³/mol. The highest BCUT2D eigenvalue weighted by Gasteiger charge is 2.46. The van der Waals surface area contributed by atoms with Gasteiger partial charge in [0, 0.05) is 17.2 Å². The fourth-order valence-corrected chi connectivity index (χ4v) is 2.90. The minimum Gasteiger partial charge on any atom is -0.491 e. The lowest BCUT2D eigenvalue weighted by Gasteiger charge is -2.15. The van der Waals surface area contributed by atoms with Crippen molar-refractivity contribution in [3.05, 3.63) is 59.7 Å². The van der Waals surface area contributed by atoms with Crippen molar-refractivity contribution < 1.29 is 13.5 Å². The van der Waals surface area contributed by atoms with Crippen LogP contribution >= 0.6 is 0 Å². The zero-order valence-corrected chi connectivity index (χ0v) is 14.9. The Morgan fingerprint density at radius 2 is 1.88 bits per heavy atom. The number of nitrogens with zero attached hydrogens (tertiary/aromatic N) is 1. The van der Waals surface area contributed by atoms with Crippen molar-refractivity contribution in [2.45, 2.75) is 38.2 Å². The normalized spacial score (nSPS) is 15.8. The van der Waals surface area contributed by atoms with E-state index in [1.807, 2.05) is 38.1 Å². The molecule has 0 bridgehead atoms. The number of halogens is 2. The molecular weight excluding hydrogens is 336 g/mol. The van der Waals surface area contributed by atoms with Gasteiger partial charge in [-0.25, -0.2) is 8.78 Å². The summed E-state index contributed by atoms with van der Waals surface area (Å²) in [7, 11) is 0. The first kappa shape index (κ1) is 18.2. The van der Waals surface area contributed by atoms with E-state index < -0.39 is 11.6 Å². The Morgan fingerprint density at radius 1 is 1.19 bits per heavy atom. The molecule has 0 aliphatic heterocycles. The van der Waals surface area contributed by atoms with Gasteiger partial charge in [0.25, 0.3) is 0 Å². The van der Waals surface area contributed by atoms with E-state index in [2.05, 4.69) is 10.3 Å². The summed E-state index contributed by atoms with van der Waals surface area (Å²) in [5, 5.41) is 3.02. The van der Waals surface area contributed by atoms with Gasteiger partial charge in [-0.15, -0.1) is 0 Å². The van der Waals surface area contributed by atoms with Crippen LogP contribution in [0.1, 0.15) is 32.3 Å². The van der Waals surface area contributed by atoms with Crippen LogP contribution < -0.4 is 15.8 Å². The Labute approximate surface area is 152 Å². The maximum absolute atomic E-state index is 14.0. The largest absolute Gasteiger partial charge is 0.491 e. The molecule has 0 atom stereocenters. The zero-order valence-electron chi connectivity index (χ0n) is 14.9. The van der Waals surface area contributed by atoms with Crippen molar-refractivity contribution in [3.8, 4) is 5.75 Å². The van der Waals surface area contributed by atoms with Gasteiger partial charge >= 0.3 is 0 Å². The second-order valence-electron chi connectivity index (χ2n) is 6.92. The number of nitrogens with one attached hydrogen (secondary N) is 1. The van der Waals surface area contributed by atoms with E-state index in [9.17, 15) is 8.78 Å². The van der Waals surface area contributed by atoms with E-state index in [4.69, 9.17) is 10.5 Å². The van der Waals surface area contributed by atoms with Gasteiger partial charge in [0.1, 0.15) is 17.4 Å². The minimum absolute atomic E-state index is 0.113. The van der Waals surface area contributed by atoms with Gasteiger partial charge in [-0.2, -0.15) is 0 Å². The molecule has 3 rings (SSSR count). The molecule has 6 heteroatoms. The number of hydrogen-bond donors (Lipinski definition) is 2. The second kappa shape index (κ2) is 7.32. The Bertz CT molecular complexity index is 799. The van der Waals surface area contributed by atoms with Crippen LogP contribution in [0.15, 0.2) is 47.5 Å². The quantitative estimate of drug-likeness (QED) is 0.600. The lowest BCUT2D eigenvalue weighted by Crippen LogP contribution is -2.25. The molecule has 0 spiro atoms. The first-order chi connectivity index (χ1) is 12.4. The number of nitrogens with two attached hydrogens (primary N) is 1. The maximum Gasteiger partial charge on any atom is 0.193 e. The lowest BCUT2D eigenvalue weighted by molar-refractivity contribution is 0.242. The maximum atomic E-state index is 14.0. The summed E-state index contributed by atoms with van der Waals surface area (Å²) in [6.07, 6.45) is 1.74. The van der Waals surface area contributed by atoms with Crippen LogP contribution in [0, 0.1) is 11.6 Å². The van der Waals surface area contributed by atoms with Crippen LogP contribution in [0.4, 0.5) is 14.5 Å². The molecule has 0 saturated heterocycles. The highest BCUT2D eigenvalue weighted by Crippen LogP contribution is 2.49. The molecule has 0 unspecified atom stereocenters. The molecule has 2 aromatic carbocycles. The molecule has 0 amide bonds. The lowest BCUT2D eigenvalue weighted by atomic mass is 9.95. The van der Waals surface area contributed by atoms with Gasteiger partial charge in [0.05, 0.1) is 12.6 Å². The third kappa shape index (κ3) is 4.31. The predicted octanol–water partition coefficient (Wildman–Crippen LogP) is 4.21. The molecule has 0 aromatic heterocycles. The minimum atomic E-state index is -0.573. The Kier molecular flexibility index (Phi) is 5.11. The molecule has 1 aliphatic rings. The third-order valence-corrected chi connectivity index (χ3v) is 4.41. The Balaban J connectivity index is 1.63.